The van der Waals surface area contributed by atoms with Gasteiger partial charge in [0.25, 0.3) is 0 Å². The molecule has 0 aliphatic carbocycles. The molecule has 4 heteroatoms. The fraction of sp³-hybridized carbons (Fsp3) is 0.667. The fourth-order valence-corrected chi connectivity index (χ4v) is 21.6. The molecule has 0 amide bonds. The van der Waals surface area contributed by atoms with Crippen molar-refractivity contribution in [1.82, 2.24) is 0 Å². The van der Waals surface area contributed by atoms with E-state index in [1.165, 1.54) is 199 Å². The number of benzene rings is 6. The first-order valence-electron chi connectivity index (χ1n) is 52.6. The predicted octanol–water partition coefficient (Wildman–Crippen LogP) is 40.1. The van der Waals surface area contributed by atoms with Gasteiger partial charge >= 0.3 is 8.60 Å². The summed E-state index contributed by atoms with van der Waals surface area (Å²) in [5.41, 5.74) is 18.0. The van der Waals surface area contributed by atoms with Crippen LogP contribution in [0.4, 0.5) is 0 Å². The zero-order chi connectivity index (χ0) is 98.3. The number of rotatable bonds is 42. The maximum absolute atomic E-state index is 10.1. The third-order valence-electron chi connectivity index (χ3n) is 28.4. The number of unbranched alkanes of at least 4 members (excludes halogenated alkanes) is 21. The van der Waals surface area contributed by atoms with E-state index < -0.39 is 57.9 Å². The lowest BCUT2D eigenvalue weighted by Crippen LogP contribution is -2.43. The molecule has 0 radical (unpaired) electrons. The average molecular weight is 1790 g/mol. The van der Waals surface area contributed by atoms with Crippen LogP contribution < -0.4 is 0 Å². The van der Waals surface area contributed by atoms with E-state index in [0.29, 0.717) is 0 Å². The molecule has 0 bridgehead atoms. The van der Waals surface area contributed by atoms with Crippen molar-refractivity contribution in [3.8, 4) is 0 Å². The number of hydrogen-bond acceptors (Lipinski definition) is 3. The third-order valence-corrected chi connectivity index (χ3v) is 29.6. The second kappa shape index (κ2) is 45.9. The molecule has 3 nitrogen and oxygen atoms in total. The Bertz CT molecular complexity index is 3940. The van der Waals surface area contributed by atoms with Crippen LogP contribution in [0.15, 0.2) is 144 Å². The van der Waals surface area contributed by atoms with Gasteiger partial charge in [-0.1, -0.05) is 532 Å². The van der Waals surface area contributed by atoms with E-state index in [1.807, 2.05) is 0 Å². The molecular weight excluding hydrogens is 1590 g/mol. The predicted molar refractivity (Wildman–Crippen MR) is 579 cm³/mol. The fourth-order valence-electron chi connectivity index (χ4n) is 19.9. The lowest BCUT2D eigenvalue weighted by atomic mass is 9.66. The van der Waals surface area contributed by atoms with Crippen LogP contribution in [0.3, 0.4) is 0 Å². The monoisotopic (exact) mass is 1790 g/mol. The molecule has 0 fully saturated rings. The molecule has 0 saturated heterocycles. The van der Waals surface area contributed by atoms with Crippen LogP contribution in [0, 0.1) is 0 Å². The van der Waals surface area contributed by atoms with Crippen molar-refractivity contribution in [3.63, 3.8) is 0 Å². The van der Waals surface area contributed by atoms with Crippen LogP contribution >= 0.6 is 8.60 Å². The maximum Gasteiger partial charge on any atom is 0.337 e. The second-order valence-corrected chi connectivity index (χ2v) is 53.2. The number of hydrogen-bond donors (Lipinski definition) is 0. The highest BCUT2D eigenvalue weighted by atomic mass is 31.2. The van der Waals surface area contributed by atoms with E-state index in [1.54, 1.807) is 0 Å². The molecule has 0 atom stereocenters. The first-order valence-corrected chi connectivity index (χ1v) is 53.7. The zero-order valence-corrected chi connectivity index (χ0v) is 93.8. The van der Waals surface area contributed by atoms with E-state index in [9.17, 15) is 13.6 Å². The largest absolute Gasteiger partial charge is 0.337 e. The van der Waals surface area contributed by atoms with Gasteiger partial charge in [-0.15, -0.1) is 0 Å². The van der Waals surface area contributed by atoms with Gasteiger partial charge in [-0.2, -0.15) is 0 Å². The van der Waals surface area contributed by atoms with Crippen LogP contribution in [-0.2, 0) is 95.4 Å². The van der Waals surface area contributed by atoms with Gasteiger partial charge in [-0.25, -0.2) is 0 Å². The van der Waals surface area contributed by atoms with E-state index in [-0.39, 0.29) is 32.5 Å². The van der Waals surface area contributed by atoms with Crippen molar-refractivity contribution in [2.24, 2.45) is 0 Å². The summed E-state index contributed by atoms with van der Waals surface area (Å²) >= 11 is 0. The Balaban J connectivity index is 2.30. The lowest BCUT2D eigenvalue weighted by Gasteiger charge is -2.50. The Kier molecular flexibility index (Phi) is 40.1. The van der Waals surface area contributed by atoms with Crippen LogP contribution in [0.25, 0.3) is 0 Å². The first-order chi connectivity index (χ1) is 59.8. The van der Waals surface area contributed by atoms with E-state index in [4.69, 9.17) is 0 Å². The molecule has 728 valence electrons. The lowest BCUT2D eigenvalue weighted by molar-refractivity contribution is 0.00931. The molecule has 0 saturated carbocycles. The van der Waals surface area contributed by atoms with Crippen molar-refractivity contribution in [1.29, 1.82) is 0 Å². The van der Waals surface area contributed by atoms with Crippen LogP contribution in [0.2, 0.25) is 0 Å². The number of allylic oxidation sites excluding steroid dienone is 3. The molecule has 6 rings (SSSR count). The van der Waals surface area contributed by atoms with Crippen LogP contribution in [-0.4, -0.2) is 0 Å². The highest BCUT2D eigenvalue weighted by molar-refractivity contribution is 7.41. The highest BCUT2D eigenvalue weighted by Crippen LogP contribution is 2.68. The highest BCUT2D eigenvalue weighted by Gasteiger charge is 2.57. The van der Waals surface area contributed by atoms with Crippen LogP contribution in [0.1, 0.15) is 564 Å². The Morgan fingerprint density at radius 1 is 0.192 bits per heavy atom. The topological polar surface area (TPSA) is 27.7 Å². The Labute approximate surface area is 807 Å². The zero-order valence-electron chi connectivity index (χ0n) is 92.9. The second-order valence-electron chi connectivity index (χ2n) is 52.2. The molecule has 0 aliphatic rings. The van der Waals surface area contributed by atoms with Gasteiger partial charge in [-0.05, 0) is 241 Å². The minimum Gasteiger partial charge on any atom is -0.291 e. The quantitative estimate of drug-likeness (QED) is 0.0217. The van der Waals surface area contributed by atoms with Crippen molar-refractivity contribution in [2.45, 2.75) is 546 Å². The maximum atomic E-state index is 10.1. The van der Waals surface area contributed by atoms with Gasteiger partial charge in [0.15, 0.2) is 0 Å². The summed E-state index contributed by atoms with van der Waals surface area (Å²) in [7, 11) is -2.87. The molecule has 0 unspecified atom stereocenters. The van der Waals surface area contributed by atoms with E-state index >= 15 is 0 Å². The summed E-state index contributed by atoms with van der Waals surface area (Å²) in [6, 6.07) is 46.0. The Morgan fingerprint density at radius 3 is 0.454 bits per heavy atom. The molecule has 0 N–H and O–H groups in total. The van der Waals surface area contributed by atoms with Crippen molar-refractivity contribution >= 4 is 8.60 Å². The molecule has 0 aromatic heterocycles. The molecule has 0 aliphatic heterocycles. The summed E-state index contributed by atoms with van der Waals surface area (Å²) in [4.78, 5) is 0. The first kappa shape index (κ1) is 114. The van der Waals surface area contributed by atoms with Gasteiger partial charge in [-0.3, -0.25) is 13.6 Å². The summed E-state index contributed by atoms with van der Waals surface area (Å²) < 4.78 is 30.3. The minimum absolute atomic E-state index is 0.192. The van der Waals surface area contributed by atoms with Gasteiger partial charge < -0.3 is 0 Å². The summed E-state index contributed by atoms with van der Waals surface area (Å²) in [6.45, 7) is 102. The molecular formula is C126H201O3P. The van der Waals surface area contributed by atoms with Crippen molar-refractivity contribution < 1.29 is 13.6 Å². The summed E-state index contributed by atoms with van der Waals surface area (Å²) in [5.74, 6) is 0. The molecule has 0 spiro atoms. The average Bonchev–Trinajstić information content (AvgIpc) is 0.703. The van der Waals surface area contributed by atoms with Gasteiger partial charge in [0, 0.05) is 0 Å². The van der Waals surface area contributed by atoms with Gasteiger partial charge in [0.05, 0.1) is 0 Å². The Morgan fingerprint density at radius 2 is 0.331 bits per heavy atom. The third kappa shape index (κ3) is 29.2. The van der Waals surface area contributed by atoms with E-state index in [2.05, 4.69) is 418 Å². The minimum atomic E-state index is -2.87. The SMILES string of the molecule is C/C=C(\CCCCCCCCCC)C(OP(OC(/C(=C/C)CCCCCCCCCC)(c1ccc(C(C)(C)C)cc1C(C)(C)C)c1ccc(C(C)(C)C)cc1C(C)(C)C)OC(/C(=C/C)CCCCCCCCCC)(c1ccc(C(C)(C)C)cc1C(C)(C)C)c1ccc(C(C)(C)C)cc1C(C)(C)C)(c1ccc(C(C)(C)C)cc1C(C)(C)C)c1ccc(C(C)(C)C)cc1C(C)(C)C. The van der Waals surface area contributed by atoms with Crippen molar-refractivity contribution in [2.75, 3.05) is 0 Å². The van der Waals surface area contributed by atoms with Crippen LogP contribution in [0.5, 0.6) is 0 Å². The smallest absolute Gasteiger partial charge is 0.291 e. The van der Waals surface area contributed by atoms with Crippen molar-refractivity contribution in [3.05, 3.63) is 244 Å². The Hall–Kier alpha value is -5.15. The molecule has 6 aromatic carbocycles. The summed E-state index contributed by atoms with van der Waals surface area (Å²) in [6.07, 6.45) is 38.7. The van der Waals surface area contributed by atoms with Gasteiger partial charge in [0.1, 0.15) is 16.8 Å². The molecule has 0 heterocycles. The molecule has 130 heavy (non-hydrogen) atoms. The van der Waals surface area contributed by atoms with Gasteiger partial charge in [0.2, 0.25) is 0 Å². The standard InChI is InChI=1S/C126H201O3P/c1-43-49-52-55-58-61-64-67-70-91(46-4)124(100-79-73-94(112(7,8)9)85-106(100)118(25,26)27,101-80-74-95(113(10,11)12)86-107(101)119(28,29)30)127-130(128-125(92(47-5)71-68-65-62-59-56-53-50-44-2,102-81-75-96(114(13,14)15)87-108(102)120(31,32)33)103-82-76-97(115(16,17)18)88-109(103)121(34,35)36)129-126(93(48-6)72-69-66-63-60-57-54-51-45-3,104-83-77-98(116(19,20)21)89-110(104)122(37,38)39)105-84-78-99(117(22,23)24)90-111(105)123(40,41)42/h46-48,73-90H,43-45,49-72H2,1-42H3/b91-46+,92-47+,93-48+. The summed E-state index contributed by atoms with van der Waals surface area (Å²) in [5, 5.41) is 0. The van der Waals surface area contributed by atoms with E-state index in [0.717, 1.165) is 91.2 Å². The molecule has 6 aromatic rings. The normalized spacial score (nSPS) is 14.3.